The summed E-state index contributed by atoms with van der Waals surface area (Å²) in [5.41, 5.74) is 0.216. The molecule has 156 valence electrons. The van der Waals surface area contributed by atoms with Gasteiger partial charge in [0.15, 0.2) is 9.84 Å². The monoisotopic (exact) mass is 462 g/mol. The van der Waals surface area contributed by atoms with E-state index in [-0.39, 0.29) is 39.4 Å². The van der Waals surface area contributed by atoms with E-state index < -0.39 is 37.6 Å². The molecule has 1 amide bonds. The van der Waals surface area contributed by atoms with E-state index in [0.717, 1.165) is 24.4 Å². The second-order valence-electron chi connectivity index (χ2n) is 6.37. The van der Waals surface area contributed by atoms with Crippen molar-refractivity contribution in [1.29, 1.82) is 0 Å². The SMILES string of the molecule is O=C(NC1CCS(=O)(=O)C1)c1cnc(CNS(=O)(=O)c2ccc(F)c(Cl)c2)cn1. The predicted molar refractivity (Wildman–Crippen MR) is 102 cm³/mol. The zero-order chi connectivity index (χ0) is 21.2. The lowest BCUT2D eigenvalue weighted by Crippen LogP contribution is -2.36. The number of hydrogen-bond donors (Lipinski definition) is 2. The van der Waals surface area contributed by atoms with E-state index in [1.54, 1.807) is 0 Å². The molecule has 2 aromatic rings. The topological polar surface area (TPSA) is 135 Å². The van der Waals surface area contributed by atoms with Crippen molar-refractivity contribution < 1.29 is 26.0 Å². The Labute approximate surface area is 171 Å². The zero-order valence-corrected chi connectivity index (χ0v) is 17.2. The van der Waals surface area contributed by atoms with Crippen LogP contribution in [0.2, 0.25) is 5.02 Å². The first-order valence-electron chi connectivity index (χ1n) is 8.33. The Morgan fingerprint density at radius 1 is 1.28 bits per heavy atom. The molecule has 1 aromatic heterocycles. The minimum absolute atomic E-state index is 0.0220. The number of sulfonamides is 1. The van der Waals surface area contributed by atoms with Crippen molar-refractivity contribution in [1.82, 2.24) is 20.0 Å². The summed E-state index contributed by atoms with van der Waals surface area (Å²) in [6, 6.07) is 2.54. The molecule has 3 rings (SSSR count). The van der Waals surface area contributed by atoms with Gasteiger partial charge < -0.3 is 5.32 Å². The number of nitrogens with zero attached hydrogens (tertiary/aromatic N) is 2. The Hall–Kier alpha value is -2.15. The maximum absolute atomic E-state index is 13.2. The molecule has 0 saturated carbocycles. The zero-order valence-electron chi connectivity index (χ0n) is 14.8. The standard InChI is InChI=1S/C16H16ClFN4O5S2/c17-13-5-12(1-2-14(13)18)29(26,27)21-7-11-6-20-15(8-19-11)16(23)22-10-3-4-28(24,25)9-10/h1-2,5-6,8,10,21H,3-4,7,9H2,(H,22,23). The van der Waals surface area contributed by atoms with Crippen LogP contribution in [-0.2, 0) is 26.4 Å². The highest BCUT2D eigenvalue weighted by molar-refractivity contribution is 7.91. The fourth-order valence-corrected chi connectivity index (χ4v) is 5.57. The van der Waals surface area contributed by atoms with Gasteiger partial charge in [0.25, 0.3) is 5.91 Å². The smallest absolute Gasteiger partial charge is 0.271 e. The molecule has 1 aliphatic heterocycles. The molecule has 13 heteroatoms. The summed E-state index contributed by atoms with van der Waals surface area (Å²) >= 11 is 5.60. The number of sulfone groups is 1. The molecule has 1 aliphatic rings. The van der Waals surface area contributed by atoms with E-state index in [9.17, 15) is 26.0 Å². The highest BCUT2D eigenvalue weighted by Gasteiger charge is 2.29. The molecular formula is C16H16ClFN4O5S2. The van der Waals surface area contributed by atoms with Gasteiger partial charge in [0, 0.05) is 6.04 Å². The third-order valence-corrected chi connectivity index (χ3v) is 7.61. The van der Waals surface area contributed by atoms with Gasteiger partial charge in [0.05, 0.1) is 46.1 Å². The first kappa shape index (κ1) is 21.6. The van der Waals surface area contributed by atoms with E-state index in [2.05, 4.69) is 20.0 Å². The Morgan fingerprint density at radius 3 is 2.62 bits per heavy atom. The fraction of sp³-hybridized carbons (Fsp3) is 0.312. The average molecular weight is 463 g/mol. The molecule has 29 heavy (non-hydrogen) atoms. The van der Waals surface area contributed by atoms with Gasteiger partial charge in [0.1, 0.15) is 11.5 Å². The Kier molecular flexibility index (Phi) is 6.17. The van der Waals surface area contributed by atoms with E-state index in [1.165, 1.54) is 6.20 Å². The van der Waals surface area contributed by atoms with Gasteiger partial charge in [-0.25, -0.2) is 30.9 Å². The molecule has 0 spiro atoms. The average Bonchev–Trinajstić information content (AvgIpc) is 3.01. The van der Waals surface area contributed by atoms with Gasteiger partial charge in [-0.2, -0.15) is 0 Å². The molecule has 0 radical (unpaired) electrons. The first-order valence-corrected chi connectivity index (χ1v) is 12.0. The number of nitrogens with one attached hydrogen (secondary N) is 2. The number of rotatable bonds is 6. The molecule has 1 atom stereocenters. The molecular weight excluding hydrogens is 447 g/mol. The van der Waals surface area contributed by atoms with Gasteiger partial charge >= 0.3 is 0 Å². The van der Waals surface area contributed by atoms with Crippen molar-refractivity contribution in [2.75, 3.05) is 11.5 Å². The Morgan fingerprint density at radius 2 is 2.03 bits per heavy atom. The maximum Gasteiger partial charge on any atom is 0.271 e. The van der Waals surface area contributed by atoms with E-state index >= 15 is 0 Å². The van der Waals surface area contributed by atoms with Gasteiger partial charge in [0.2, 0.25) is 10.0 Å². The van der Waals surface area contributed by atoms with Crippen LogP contribution >= 0.6 is 11.6 Å². The molecule has 1 aromatic carbocycles. The second kappa shape index (κ2) is 8.30. The van der Waals surface area contributed by atoms with Crippen molar-refractivity contribution in [2.45, 2.75) is 23.9 Å². The van der Waals surface area contributed by atoms with Gasteiger partial charge in [-0.05, 0) is 24.6 Å². The molecule has 2 N–H and O–H groups in total. The van der Waals surface area contributed by atoms with Gasteiger partial charge in [-0.15, -0.1) is 0 Å². The minimum atomic E-state index is -3.96. The summed E-state index contributed by atoms with van der Waals surface area (Å²) in [5, 5.41) is 2.26. The van der Waals surface area contributed by atoms with Crippen molar-refractivity contribution in [3.05, 3.63) is 52.8 Å². The lowest BCUT2D eigenvalue weighted by atomic mass is 10.2. The van der Waals surface area contributed by atoms with Crippen molar-refractivity contribution in [3.8, 4) is 0 Å². The van der Waals surface area contributed by atoms with Gasteiger partial charge in [-0.3, -0.25) is 9.78 Å². The van der Waals surface area contributed by atoms with Crippen LogP contribution in [-0.4, -0.2) is 50.3 Å². The summed E-state index contributed by atoms with van der Waals surface area (Å²) in [4.78, 5) is 19.8. The normalized spacial score (nSPS) is 18.5. The van der Waals surface area contributed by atoms with Crippen molar-refractivity contribution in [2.24, 2.45) is 0 Å². The van der Waals surface area contributed by atoms with E-state index in [1.807, 2.05) is 0 Å². The molecule has 1 saturated heterocycles. The maximum atomic E-state index is 13.2. The van der Waals surface area contributed by atoms with E-state index in [4.69, 9.17) is 11.6 Å². The summed E-state index contributed by atoms with van der Waals surface area (Å²) < 4.78 is 62.8. The first-order chi connectivity index (χ1) is 13.6. The van der Waals surface area contributed by atoms with Crippen molar-refractivity contribution >= 4 is 37.4 Å². The highest BCUT2D eigenvalue weighted by Crippen LogP contribution is 2.19. The number of carbonyl (C=O) groups excluding carboxylic acids is 1. The van der Waals surface area contributed by atoms with Crippen LogP contribution in [0, 0.1) is 5.82 Å². The quantitative estimate of drug-likeness (QED) is 0.643. The largest absolute Gasteiger partial charge is 0.347 e. The van der Waals surface area contributed by atoms with Crippen LogP contribution in [0.5, 0.6) is 0 Å². The van der Waals surface area contributed by atoms with E-state index in [0.29, 0.717) is 6.42 Å². The van der Waals surface area contributed by atoms with Crippen LogP contribution in [0.25, 0.3) is 0 Å². The number of benzene rings is 1. The number of halogens is 2. The Balaban J connectivity index is 1.60. The minimum Gasteiger partial charge on any atom is -0.347 e. The fourth-order valence-electron chi connectivity index (χ4n) is 2.63. The van der Waals surface area contributed by atoms with Crippen molar-refractivity contribution in [3.63, 3.8) is 0 Å². The number of carbonyl (C=O) groups is 1. The third kappa shape index (κ3) is 5.47. The molecule has 0 bridgehead atoms. The molecule has 1 fully saturated rings. The second-order valence-corrected chi connectivity index (χ2v) is 10.8. The highest BCUT2D eigenvalue weighted by atomic mass is 35.5. The summed E-state index contributed by atoms with van der Waals surface area (Å²) in [5.74, 6) is -1.38. The summed E-state index contributed by atoms with van der Waals surface area (Å²) in [6.45, 7) is -0.215. The molecule has 0 aliphatic carbocycles. The summed E-state index contributed by atoms with van der Waals surface area (Å²) in [6.07, 6.45) is 2.73. The third-order valence-electron chi connectivity index (χ3n) is 4.15. The molecule has 1 unspecified atom stereocenters. The van der Waals surface area contributed by atoms with Crippen LogP contribution in [0.1, 0.15) is 22.6 Å². The number of amides is 1. The van der Waals surface area contributed by atoms with Crippen LogP contribution < -0.4 is 10.0 Å². The lowest BCUT2D eigenvalue weighted by Gasteiger charge is -2.10. The van der Waals surface area contributed by atoms with Gasteiger partial charge in [-0.1, -0.05) is 11.6 Å². The van der Waals surface area contributed by atoms with Crippen LogP contribution in [0.3, 0.4) is 0 Å². The lowest BCUT2D eigenvalue weighted by molar-refractivity contribution is 0.0935. The number of aromatic nitrogens is 2. The molecule has 2 heterocycles. The molecule has 9 nitrogen and oxygen atoms in total. The number of hydrogen-bond acceptors (Lipinski definition) is 7. The van der Waals surface area contributed by atoms with Crippen LogP contribution in [0.4, 0.5) is 4.39 Å². The Bertz CT molecular complexity index is 1140. The summed E-state index contributed by atoms with van der Waals surface area (Å²) in [7, 11) is -7.08. The van der Waals surface area contributed by atoms with Crippen LogP contribution in [0.15, 0.2) is 35.5 Å². The predicted octanol–water partition coefficient (Wildman–Crippen LogP) is 0.665.